The van der Waals surface area contributed by atoms with Gasteiger partial charge in [0.25, 0.3) is 0 Å². The van der Waals surface area contributed by atoms with Gasteiger partial charge in [0, 0.05) is 19.4 Å². The van der Waals surface area contributed by atoms with E-state index in [0.717, 1.165) is 11.2 Å². The van der Waals surface area contributed by atoms with Crippen LogP contribution in [0.1, 0.15) is 11.7 Å². The molecule has 5 nitrogen and oxygen atoms in total. The third-order valence-electron chi connectivity index (χ3n) is 3.08. The van der Waals surface area contributed by atoms with Gasteiger partial charge < -0.3 is 9.42 Å². The van der Waals surface area contributed by atoms with Gasteiger partial charge in [-0.2, -0.15) is 4.98 Å². The predicted molar refractivity (Wildman–Crippen MR) is 82.9 cm³/mol. The van der Waals surface area contributed by atoms with Crippen molar-refractivity contribution in [1.82, 2.24) is 15.1 Å². The van der Waals surface area contributed by atoms with Crippen molar-refractivity contribution in [3.05, 3.63) is 46.0 Å². The number of rotatable bonds is 3. The topological polar surface area (TPSA) is 55.1 Å². The molecule has 0 atom stereocenters. The highest BCUT2D eigenvalue weighted by Crippen LogP contribution is 2.30. The molecule has 0 bridgehead atoms. The number of fused-ring (bicyclic) bond motifs is 1. The third-order valence-corrected chi connectivity index (χ3v) is 3.71. The average Bonchev–Trinajstić information content (AvgIpc) is 2.88. The first kappa shape index (κ1) is 14.1. The van der Waals surface area contributed by atoms with E-state index in [-0.39, 0.29) is 0 Å². The number of nitrogens with zero attached hydrogens (tertiary/aromatic N) is 4. The van der Waals surface area contributed by atoms with Crippen molar-refractivity contribution in [2.45, 2.75) is 13.5 Å². The molecule has 0 aliphatic rings. The normalized spacial score (nSPS) is 11.0. The summed E-state index contributed by atoms with van der Waals surface area (Å²) in [6.07, 6.45) is 0. The van der Waals surface area contributed by atoms with Gasteiger partial charge in [0.1, 0.15) is 5.82 Å². The summed E-state index contributed by atoms with van der Waals surface area (Å²) in [5.41, 5.74) is 0.679. The zero-order valence-electron chi connectivity index (χ0n) is 11.5. The fraction of sp³-hybridized carbons (Fsp3) is 0.214. The summed E-state index contributed by atoms with van der Waals surface area (Å²) in [5.74, 6) is 1.91. The number of aryl methyl sites for hydroxylation is 1. The quantitative estimate of drug-likeness (QED) is 0.732. The van der Waals surface area contributed by atoms with Crippen molar-refractivity contribution in [2.75, 3.05) is 11.9 Å². The maximum Gasteiger partial charge on any atom is 0.223 e. The standard InChI is InChI=1S/C14H12Cl2N4O/c1-8-17-12(19-21-8)7-20(2)13-6-3-9-10(15)4-5-11(16)14(9)18-13/h3-6H,7H2,1-2H3. The van der Waals surface area contributed by atoms with Crippen LogP contribution in [0.3, 0.4) is 0 Å². The zero-order valence-corrected chi connectivity index (χ0v) is 13.0. The van der Waals surface area contributed by atoms with Gasteiger partial charge in [-0.1, -0.05) is 28.4 Å². The van der Waals surface area contributed by atoms with Crippen LogP contribution in [-0.2, 0) is 6.54 Å². The van der Waals surface area contributed by atoms with Crippen LogP contribution in [0, 0.1) is 6.92 Å². The maximum absolute atomic E-state index is 6.19. The summed E-state index contributed by atoms with van der Waals surface area (Å²) in [6, 6.07) is 7.30. The fourth-order valence-electron chi connectivity index (χ4n) is 2.05. The van der Waals surface area contributed by atoms with Crippen molar-refractivity contribution in [1.29, 1.82) is 0 Å². The SMILES string of the molecule is Cc1nc(CN(C)c2ccc3c(Cl)ccc(Cl)c3n2)no1. The van der Waals surface area contributed by atoms with Crippen molar-refractivity contribution >= 4 is 39.9 Å². The van der Waals surface area contributed by atoms with Gasteiger partial charge in [0.2, 0.25) is 5.89 Å². The second-order valence-electron chi connectivity index (χ2n) is 4.68. The Morgan fingerprint density at radius 2 is 1.86 bits per heavy atom. The van der Waals surface area contributed by atoms with Crippen LogP contribution in [0.4, 0.5) is 5.82 Å². The van der Waals surface area contributed by atoms with E-state index in [1.165, 1.54) is 0 Å². The molecule has 0 aliphatic heterocycles. The van der Waals surface area contributed by atoms with Gasteiger partial charge in [-0.05, 0) is 24.3 Å². The molecule has 108 valence electrons. The molecule has 0 aliphatic carbocycles. The van der Waals surface area contributed by atoms with E-state index in [1.807, 2.05) is 24.1 Å². The Morgan fingerprint density at radius 1 is 1.10 bits per heavy atom. The highest BCUT2D eigenvalue weighted by atomic mass is 35.5. The minimum absolute atomic E-state index is 0.494. The Kier molecular flexibility index (Phi) is 3.69. The van der Waals surface area contributed by atoms with Gasteiger partial charge in [0.15, 0.2) is 5.82 Å². The number of anilines is 1. The van der Waals surface area contributed by atoms with Gasteiger partial charge in [0.05, 0.1) is 22.1 Å². The molecule has 0 unspecified atom stereocenters. The molecule has 3 aromatic rings. The van der Waals surface area contributed by atoms with Crippen LogP contribution in [-0.4, -0.2) is 22.2 Å². The van der Waals surface area contributed by atoms with Crippen LogP contribution in [0.25, 0.3) is 10.9 Å². The van der Waals surface area contributed by atoms with E-state index >= 15 is 0 Å². The van der Waals surface area contributed by atoms with E-state index in [0.29, 0.717) is 33.8 Å². The third kappa shape index (κ3) is 2.80. The summed E-state index contributed by atoms with van der Waals surface area (Å²) >= 11 is 12.3. The van der Waals surface area contributed by atoms with Crippen LogP contribution >= 0.6 is 23.2 Å². The van der Waals surface area contributed by atoms with E-state index in [1.54, 1.807) is 19.1 Å². The number of hydrogen-bond donors (Lipinski definition) is 0. The summed E-state index contributed by atoms with van der Waals surface area (Å²) in [7, 11) is 1.90. The lowest BCUT2D eigenvalue weighted by atomic mass is 10.2. The molecule has 0 fully saturated rings. The van der Waals surface area contributed by atoms with Crippen molar-refractivity contribution in [3.8, 4) is 0 Å². The molecule has 0 N–H and O–H groups in total. The molecular weight excluding hydrogens is 311 g/mol. The molecule has 21 heavy (non-hydrogen) atoms. The molecule has 3 rings (SSSR count). The number of aromatic nitrogens is 3. The molecule has 0 spiro atoms. The van der Waals surface area contributed by atoms with E-state index < -0.39 is 0 Å². The first-order valence-corrected chi connectivity index (χ1v) is 7.05. The molecule has 7 heteroatoms. The van der Waals surface area contributed by atoms with E-state index in [4.69, 9.17) is 27.7 Å². The van der Waals surface area contributed by atoms with Gasteiger partial charge in [-0.25, -0.2) is 4.98 Å². The monoisotopic (exact) mass is 322 g/mol. The largest absolute Gasteiger partial charge is 0.352 e. The highest BCUT2D eigenvalue weighted by molar-refractivity contribution is 6.39. The Hall–Kier alpha value is -1.85. The summed E-state index contributed by atoms with van der Waals surface area (Å²) in [5, 5.41) is 5.90. The summed E-state index contributed by atoms with van der Waals surface area (Å²) < 4.78 is 4.96. The Morgan fingerprint density at radius 3 is 2.57 bits per heavy atom. The fourth-order valence-corrected chi connectivity index (χ4v) is 2.47. The number of hydrogen-bond acceptors (Lipinski definition) is 5. The lowest BCUT2D eigenvalue weighted by molar-refractivity contribution is 0.387. The van der Waals surface area contributed by atoms with Crippen molar-refractivity contribution < 1.29 is 4.52 Å². The molecule has 0 saturated carbocycles. The molecule has 2 heterocycles. The highest BCUT2D eigenvalue weighted by Gasteiger charge is 2.11. The van der Waals surface area contributed by atoms with Crippen molar-refractivity contribution in [2.24, 2.45) is 0 Å². The average molecular weight is 323 g/mol. The number of pyridine rings is 1. The Bertz CT molecular complexity index is 803. The number of benzene rings is 1. The molecule has 0 amide bonds. The predicted octanol–water partition coefficient (Wildman–Crippen LogP) is 3.87. The second kappa shape index (κ2) is 5.50. The van der Waals surface area contributed by atoms with Crippen LogP contribution in [0.5, 0.6) is 0 Å². The van der Waals surface area contributed by atoms with E-state index in [2.05, 4.69) is 15.1 Å². The number of halogens is 2. The Labute approximate surface area is 131 Å². The molecule has 0 saturated heterocycles. The molecular formula is C14H12Cl2N4O. The lowest BCUT2D eigenvalue weighted by Crippen LogP contribution is -2.18. The molecule has 1 aromatic carbocycles. The first-order valence-electron chi connectivity index (χ1n) is 6.29. The first-order chi connectivity index (χ1) is 10.0. The van der Waals surface area contributed by atoms with Gasteiger partial charge >= 0.3 is 0 Å². The van der Waals surface area contributed by atoms with Crippen LogP contribution in [0.15, 0.2) is 28.8 Å². The van der Waals surface area contributed by atoms with Crippen molar-refractivity contribution in [3.63, 3.8) is 0 Å². The lowest BCUT2D eigenvalue weighted by Gasteiger charge is -2.16. The maximum atomic E-state index is 6.19. The summed E-state index contributed by atoms with van der Waals surface area (Å²) in [4.78, 5) is 10.7. The van der Waals surface area contributed by atoms with E-state index in [9.17, 15) is 0 Å². The zero-order chi connectivity index (χ0) is 15.0. The van der Waals surface area contributed by atoms with Gasteiger partial charge in [-0.15, -0.1) is 0 Å². The minimum Gasteiger partial charge on any atom is -0.352 e. The smallest absolute Gasteiger partial charge is 0.223 e. The molecule has 2 aromatic heterocycles. The van der Waals surface area contributed by atoms with Crippen LogP contribution in [0.2, 0.25) is 10.0 Å². The molecule has 0 radical (unpaired) electrons. The Balaban J connectivity index is 1.95. The second-order valence-corrected chi connectivity index (χ2v) is 5.49. The minimum atomic E-state index is 0.494. The van der Waals surface area contributed by atoms with Crippen LogP contribution < -0.4 is 4.90 Å². The summed E-state index contributed by atoms with van der Waals surface area (Å²) in [6.45, 7) is 2.25. The van der Waals surface area contributed by atoms with Gasteiger partial charge in [-0.3, -0.25) is 0 Å².